The SMILES string of the molecule is CC1(Nc2cc(F)cc3cc(C4=N[C@H](CO)CS4)[nH]c23)CCCC1. The molecular formula is C18H22FN3OS. The van der Waals surface area contributed by atoms with Gasteiger partial charge in [-0.2, -0.15) is 0 Å². The van der Waals surface area contributed by atoms with E-state index in [2.05, 4.69) is 22.2 Å². The first kappa shape index (κ1) is 16.0. The molecule has 0 radical (unpaired) electrons. The number of anilines is 1. The number of aliphatic hydroxyl groups excluding tert-OH is 1. The number of hydrogen-bond donors (Lipinski definition) is 3. The number of thioether (sulfide) groups is 1. The quantitative estimate of drug-likeness (QED) is 0.786. The second-order valence-corrected chi connectivity index (χ2v) is 8.08. The zero-order chi connectivity index (χ0) is 16.7. The molecule has 24 heavy (non-hydrogen) atoms. The van der Waals surface area contributed by atoms with Crippen LogP contribution in [0.4, 0.5) is 10.1 Å². The maximum Gasteiger partial charge on any atom is 0.126 e. The van der Waals surface area contributed by atoms with Crippen LogP contribution in [0.2, 0.25) is 0 Å². The first-order chi connectivity index (χ1) is 11.6. The highest BCUT2D eigenvalue weighted by atomic mass is 32.2. The number of rotatable bonds is 4. The molecule has 6 heteroatoms. The molecule has 1 aliphatic heterocycles. The fraction of sp³-hybridized carbons (Fsp3) is 0.500. The van der Waals surface area contributed by atoms with Crippen LogP contribution < -0.4 is 5.32 Å². The minimum atomic E-state index is -0.230. The van der Waals surface area contributed by atoms with Crippen molar-refractivity contribution in [3.63, 3.8) is 0 Å². The highest BCUT2D eigenvalue weighted by Crippen LogP contribution is 2.36. The number of aromatic nitrogens is 1. The summed E-state index contributed by atoms with van der Waals surface area (Å²) in [6, 6.07) is 5.04. The van der Waals surface area contributed by atoms with E-state index in [-0.39, 0.29) is 24.0 Å². The first-order valence-corrected chi connectivity index (χ1v) is 9.47. The van der Waals surface area contributed by atoms with Crippen molar-refractivity contribution in [2.75, 3.05) is 17.7 Å². The topological polar surface area (TPSA) is 60.4 Å². The Morgan fingerprint density at radius 2 is 2.17 bits per heavy atom. The highest BCUT2D eigenvalue weighted by molar-refractivity contribution is 8.14. The zero-order valence-electron chi connectivity index (χ0n) is 13.7. The van der Waals surface area contributed by atoms with Crippen molar-refractivity contribution >= 4 is 33.4 Å². The van der Waals surface area contributed by atoms with Gasteiger partial charge >= 0.3 is 0 Å². The lowest BCUT2D eigenvalue weighted by Crippen LogP contribution is -2.30. The van der Waals surface area contributed by atoms with Crippen LogP contribution in [-0.4, -0.2) is 39.1 Å². The number of hydrogen-bond acceptors (Lipinski definition) is 4. The van der Waals surface area contributed by atoms with Crippen LogP contribution in [0.25, 0.3) is 10.9 Å². The first-order valence-electron chi connectivity index (χ1n) is 8.49. The monoisotopic (exact) mass is 347 g/mol. The van der Waals surface area contributed by atoms with Crippen LogP contribution in [0.3, 0.4) is 0 Å². The minimum absolute atomic E-state index is 0.0353. The van der Waals surface area contributed by atoms with Crippen LogP contribution in [0.5, 0.6) is 0 Å². The van der Waals surface area contributed by atoms with Crippen LogP contribution in [0, 0.1) is 5.82 Å². The highest BCUT2D eigenvalue weighted by Gasteiger charge is 2.29. The Morgan fingerprint density at radius 1 is 1.38 bits per heavy atom. The average Bonchev–Trinajstić information content (AvgIpc) is 3.25. The summed E-state index contributed by atoms with van der Waals surface area (Å²) < 4.78 is 14.1. The summed E-state index contributed by atoms with van der Waals surface area (Å²) in [6.07, 6.45) is 4.65. The fourth-order valence-corrected chi connectivity index (χ4v) is 4.70. The Kier molecular flexibility index (Phi) is 4.04. The van der Waals surface area contributed by atoms with Gasteiger partial charge in [0.25, 0.3) is 0 Å². The molecule has 2 aromatic rings. The second kappa shape index (κ2) is 6.08. The third-order valence-electron chi connectivity index (χ3n) is 4.99. The van der Waals surface area contributed by atoms with Gasteiger partial charge in [-0.25, -0.2) is 4.39 Å². The number of aliphatic hydroxyl groups is 1. The fourth-order valence-electron chi connectivity index (χ4n) is 3.68. The molecule has 1 fully saturated rings. The Bertz CT molecular complexity index is 795. The van der Waals surface area contributed by atoms with Gasteiger partial charge in [-0.15, -0.1) is 11.8 Å². The van der Waals surface area contributed by atoms with Crippen molar-refractivity contribution in [1.82, 2.24) is 4.98 Å². The maximum absolute atomic E-state index is 14.1. The van der Waals surface area contributed by atoms with E-state index in [0.717, 1.165) is 45.9 Å². The number of aliphatic imine (C=N–C) groups is 1. The van der Waals surface area contributed by atoms with E-state index >= 15 is 0 Å². The molecule has 1 atom stereocenters. The van der Waals surface area contributed by atoms with E-state index in [9.17, 15) is 9.50 Å². The molecule has 2 heterocycles. The van der Waals surface area contributed by atoms with E-state index < -0.39 is 0 Å². The van der Waals surface area contributed by atoms with Gasteiger partial charge in [0.2, 0.25) is 0 Å². The summed E-state index contributed by atoms with van der Waals surface area (Å²) in [5.41, 5.74) is 2.68. The van der Waals surface area contributed by atoms with Gasteiger partial charge in [-0.05, 0) is 38.0 Å². The molecule has 0 amide bonds. The van der Waals surface area contributed by atoms with Gasteiger partial charge in [0, 0.05) is 16.7 Å². The number of halogens is 1. The number of H-pyrrole nitrogens is 1. The summed E-state index contributed by atoms with van der Waals surface area (Å²) in [7, 11) is 0. The number of benzene rings is 1. The molecule has 1 aliphatic carbocycles. The molecule has 1 aromatic heterocycles. The molecular weight excluding hydrogens is 325 g/mol. The Hall–Kier alpha value is -1.53. The van der Waals surface area contributed by atoms with Crippen molar-refractivity contribution in [1.29, 1.82) is 0 Å². The summed E-state index contributed by atoms with van der Waals surface area (Å²) in [4.78, 5) is 7.93. The van der Waals surface area contributed by atoms with Gasteiger partial charge in [-0.3, -0.25) is 4.99 Å². The van der Waals surface area contributed by atoms with Crippen LogP contribution >= 0.6 is 11.8 Å². The van der Waals surface area contributed by atoms with Crippen molar-refractivity contribution in [3.8, 4) is 0 Å². The molecule has 0 spiro atoms. The van der Waals surface area contributed by atoms with Crippen LogP contribution in [-0.2, 0) is 0 Å². The predicted molar refractivity (Wildman–Crippen MR) is 98.6 cm³/mol. The maximum atomic E-state index is 14.1. The van der Waals surface area contributed by atoms with E-state index in [1.165, 1.54) is 12.8 Å². The van der Waals surface area contributed by atoms with Crippen molar-refractivity contribution < 1.29 is 9.50 Å². The van der Waals surface area contributed by atoms with Crippen molar-refractivity contribution in [2.45, 2.75) is 44.2 Å². The minimum Gasteiger partial charge on any atom is -0.394 e. The molecule has 0 unspecified atom stereocenters. The van der Waals surface area contributed by atoms with Crippen molar-refractivity contribution in [2.24, 2.45) is 4.99 Å². The van der Waals surface area contributed by atoms with Crippen LogP contribution in [0.1, 0.15) is 38.3 Å². The lowest BCUT2D eigenvalue weighted by molar-refractivity contribution is 0.277. The smallest absolute Gasteiger partial charge is 0.126 e. The third-order valence-corrected chi connectivity index (χ3v) is 6.14. The number of nitrogens with zero attached hydrogens (tertiary/aromatic N) is 1. The summed E-state index contributed by atoms with van der Waals surface area (Å²) in [6.45, 7) is 2.28. The van der Waals surface area contributed by atoms with E-state index in [1.54, 1.807) is 23.9 Å². The normalized spacial score (nSPS) is 23.0. The average molecular weight is 347 g/mol. The van der Waals surface area contributed by atoms with Gasteiger partial charge < -0.3 is 15.4 Å². The third kappa shape index (κ3) is 2.93. The number of aromatic amines is 1. The molecule has 2 aliphatic rings. The molecule has 1 saturated carbocycles. The summed E-state index contributed by atoms with van der Waals surface area (Å²) >= 11 is 1.63. The van der Waals surface area contributed by atoms with Gasteiger partial charge in [0.05, 0.1) is 29.5 Å². The molecule has 0 saturated heterocycles. The van der Waals surface area contributed by atoms with Crippen molar-refractivity contribution in [3.05, 3.63) is 29.7 Å². The largest absolute Gasteiger partial charge is 0.394 e. The van der Waals surface area contributed by atoms with E-state index in [1.807, 2.05) is 6.07 Å². The predicted octanol–water partition coefficient (Wildman–Crippen LogP) is 3.91. The van der Waals surface area contributed by atoms with E-state index in [4.69, 9.17) is 0 Å². The van der Waals surface area contributed by atoms with E-state index in [0.29, 0.717) is 0 Å². The molecule has 0 bridgehead atoms. The Balaban J connectivity index is 1.72. The molecule has 3 N–H and O–H groups in total. The molecule has 1 aromatic carbocycles. The van der Waals surface area contributed by atoms with Gasteiger partial charge in [-0.1, -0.05) is 12.8 Å². The molecule has 128 valence electrons. The summed E-state index contributed by atoms with van der Waals surface area (Å²) in [5, 5.41) is 14.6. The summed E-state index contributed by atoms with van der Waals surface area (Å²) in [5.74, 6) is 0.560. The zero-order valence-corrected chi connectivity index (χ0v) is 14.5. The van der Waals surface area contributed by atoms with Gasteiger partial charge in [0.1, 0.15) is 10.9 Å². The Labute approximate surface area is 144 Å². The number of nitrogens with one attached hydrogen (secondary N) is 2. The molecule has 4 nitrogen and oxygen atoms in total. The lowest BCUT2D eigenvalue weighted by Gasteiger charge is -2.27. The standard InChI is InChI=1S/C18H22FN3OS/c1-18(4-2-3-5-18)22-14-8-12(19)6-11-7-15(21-16(11)14)17-20-13(9-23)10-24-17/h6-8,13,21-23H,2-5,9-10H2,1H3/t13-/m1/s1. The lowest BCUT2D eigenvalue weighted by atomic mass is 10.00. The molecule has 4 rings (SSSR count). The number of fused-ring (bicyclic) bond motifs is 1. The second-order valence-electron chi connectivity index (χ2n) is 7.08. The van der Waals surface area contributed by atoms with Gasteiger partial charge in [0.15, 0.2) is 0 Å². The Morgan fingerprint density at radius 3 is 2.88 bits per heavy atom. The van der Waals surface area contributed by atoms with Crippen LogP contribution in [0.15, 0.2) is 23.2 Å².